The first-order valence-corrected chi connectivity index (χ1v) is 23.7. The molecular formula is C45H40Cl2Zr. The number of rotatable bonds is 6. The van der Waals surface area contributed by atoms with Crippen LogP contribution in [0.25, 0.3) is 56.0 Å². The maximum atomic E-state index is 2.64. The van der Waals surface area contributed by atoms with Crippen molar-refractivity contribution >= 4 is 33.7 Å². The van der Waals surface area contributed by atoms with Gasteiger partial charge in [-0.1, -0.05) is 0 Å². The molecule has 1 aliphatic heterocycles. The molecule has 0 saturated carbocycles. The molecule has 2 unspecified atom stereocenters. The number of hydrogen-bond acceptors (Lipinski definition) is 0. The molecular weight excluding hydrogens is 703 g/mol. The second-order valence-corrected chi connectivity index (χ2v) is 25.1. The molecule has 1 saturated heterocycles. The second-order valence-electron chi connectivity index (χ2n) is 13.8. The summed E-state index contributed by atoms with van der Waals surface area (Å²) in [6, 6.07) is 46.0. The molecule has 0 amide bonds. The molecule has 2 aliphatic carbocycles. The van der Waals surface area contributed by atoms with Crippen LogP contribution in [-0.4, -0.2) is 0 Å². The molecule has 6 aromatic rings. The average molecular weight is 743 g/mol. The number of halogens is 2. The molecule has 0 nitrogen and oxygen atoms in total. The Balaban J connectivity index is 0.00000182. The van der Waals surface area contributed by atoms with Gasteiger partial charge in [0.25, 0.3) is 0 Å². The van der Waals surface area contributed by atoms with E-state index in [1.807, 2.05) is 0 Å². The molecule has 3 heteroatoms. The minimum absolute atomic E-state index is 0. The van der Waals surface area contributed by atoms with Gasteiger partial charge < -0.3 is 24.8 Å². The van der Waals surface area contributed by atoms with Crippen LogP contribution in [-0.2, 0) is 20.3 Å². The van der Waals surface area contributed by atoms with Gasteiger partial charge >= 0.3 is 280 Å². The summed E-state index contributed by atoms with van der Waals surface area (Å²) in [4.78, 5) is 0. The van der Waals surface area contributed by atoms with Crippen LogP contribution in [0.5, 0.6) is 0 Å². The van der Waals surface area contributed by atoms with Crippen LogP contribution in [0, 0.1) is 0 Å². The largest absolute Gasteiger partial charge is 1.00 e. The molecule has 0 spiro atoms. The number of hydrogen-bond donors (Lipinski definition) is 0. The molecule has 9 rings (SSSR count). The smallest absolute Gasteiger partial charge is 1.00 e. The van der Waals surface area contributed by atoms with Crippen LogP contribution in [0.1, 0.15) is 62.6 Å². The van der Waals surface area contributed by atoms with Crippen molar-refractivity contribution in [3.63, 3.8) is 0 Å². The van der Waals surface area contributed by atoms with E-state index in [2.05, 4.69) is 147 Å². The van der Waals surface area contributed by atoms with Crippen molar-refractivity contribution in [3.05, 3.63) is 155 Å². The first kappa shape index (κ1) is 33.3. The van der Waals surface area contributed by atoms with Crippen molar-refractivity contribution in [2.24, 2.45) is 0 Å². The summed E-state index contributed by atoms with van der Waals surface area (Å²) in [6.45, 7) is 4.83. The summed E-state index contributed by atoms with van der Waals surface area (Å²) in [5.41, 5.74) is 15.3. The molecule has 0 aromatic heterocycles. The van der Waals surface area contributed by atoms with Crippen molar-refractivity contribution in [3.8, 4) is 22.3 Å². The van der Waals surface area contributed by atoms with Gasteiger partial charge in [0.1, 0.15) is 0 Å². The van der Waals surface area contributed by atoms with Gasteiger partial charge in [-0.05, 0) is 0 Å². The van der Waals surface area contributed by atoms with E-state index in [0.29, 0.717) is 7.25 Å². The Morgan fingerprint density at radius 3 is 1.29 bits per heavy atom. The van der Waals surface area contributed by atoms with Gasteiger partial charge in [0.15, 0.2) is 0 Å². The van der Waals surface area contributed by atoms with Crippen molar-refractivity contribution in [2.45, 2.75) is 48.6 Å². The van der Waals surface area contributed by atoms with Gasteiger partial charge in [-0.2, -0.15) is 0 Å². The molecule has 0 bridgehead atoms. The fourth-order valence-corrected chi connectivity index (χ4v) is 25.5. The molecule has 238 valence electrons. The van der Waals surface area contributed by atoms with E-state index in [1.54, 1.807) is 22.3 Å². The maximum Gasteiger partial charge on any atom is -1.00 e. The Kier molecular flexibility index (Phi) is 9.19. The normalized spacial score (nSPS) is 18.0. The fourth-order valence-electron chi connectivity index (χ4n) is 9.62. The van der Waals surface area contributed by atoms with E-state index in [4.69, 9.17) is 0 Å². The molecule has 6 aromatic carbocycles. The minimum Gasteiger partial charge on any atom is -1.00 e. The minimum atomic E-state index is -2.88. The SMILES string of the molecule is CCC1=Cc2c(-c3cccc4ccccc34)cccc2[CH]1[Zr+2]1([CH]2C(CC)=Cc3c(-c4cccc5ccccc45)cccc32)[CH2]C[CH2]1.[Cl-].[Cl-]. The molecule has 1 fully saturated rings. The molecule has 1 heterocycles. The van der Waals surface area contributed by atoms with E-state index in [9.17, 15) is 0 Å². The summed E-state index contributed by atoms with van der Waals surface area (Å²) in [7, 11) is 0. The van der Waals surface area contributed by atoms with Crippen molar-refractivity contribution in [1.29, 1.82) is 0 Å². The van der Waals surface area contributed by atoms with E-state index in [0.717, 1.165) is 12.8 Å². The fraction of sp³-hybridized carbons (Fsp3) is 0.200. The summed E-state index contributed by atoms with van der Waals surface area (Å²) >= 11 is -2.88. The predicted octanol–water partition coefficient (Wildman–Crippen LogP) is 7.13. The zero-order valence-electron chi connectivity index (χ0n) is 27.6. The third kappa shape index (κ3) is 4.95. The zero-order chi connectivity index (χ0) is 30.8. The first-order chi connectivity index (χ1) is 22.7. The third-order valence-corrected chi connectivity index (χ3v) is 27.0. The molecule has 2 atom stereocenters. The molecule has 48 heavy (non-hydrogen) atoms. The quantitative estimate of drug-likeness (QED) is 0.171. The van der Waals surface area contributed by atoms with Crippen molar-refractivity contribution in [1.82, 2.24) is 0 Å². The van der Waals surface area contributed by atoms with E-state index >= 15 is 0 Å². The van der Waals surface area contributed by atoms with Crippen LogP contribution in [0.2, 0.25) is 8.26 Å². The second kappa shape index (κ2) is 13.2. The van der Waals surface area contributed by atoms with E-state index < -0.39 is 20.3 Å². The Morgan fingerprint density at radius 2 is 0.875 bits per heavy atom. The van der Waals surface area contributed by atoms with Crippen molar-refractivity contribution in [2.75, 3.05) is 0 Å². The van der Waals surface area contributed by atoms with Gasteiger partial charge in [-0.15, -0.1) is 0 Å². The van der Waals surface area contributed by atoms with Crippen LogP contribution in [0.4, 0.5) is 0 Å². The Hall–Kier alpha value is -3.22. The van der Waals surface area contributed by atoms with Gasteiger partial charge in [0, 0.05) is 0 Å². The predicted molar refractivity (Wildman–Crippen MR) is 195 cm³/mol. The summed E-state index contributed by atoms with van der Waals surface area (Å²) in [5, 5.41) is 5.36. The Morgan fingerprint density at radius 1 is 0.479 bits per heavy atom. The topological polar surface area (TPSA) is 0 Å². The molecule has 0 N–H and O–H groups in total. The van der Waals surface area contributed by atoms with Crippen LogP contribution < -0.4 is 24.8 Å². The number of benzene rings is 6. The van der Waals surface area contributed by atoms with E-state index in [-0.39, 0.29) is 24.8 Å². The first-order valence-electron chi connectivity index (χ1n) is 17.3. The number of fused-ring (bicyclic) bond motifs is 4. The number of allylic oxidation sites excluding steroid dienone is 2. The summed E-state index contributed by atoms with van der Waals surface area (Å²) < 4.78 is 4.30. The average Bonchev–Trinajstić information content (AvgIpc) is 3.67. The summed E-state index contributed by atoms with van der Waals surface area (Å²) in [5.74, 6) is 0. The molecule has 0 radical (unpaired) electrons. The standard InChI is InChI=1S/2C21H17.C3H6.2ClH.Zr/c2*1-2-15-13-17-9-6-12-20(21(17)14-15)19-11-5-8-16-7-3-4-10-18(16)19;1-3-2;;;/h2*3-14H,2H2,1H3;1-3H2;2*1H;/q;;;;;+2/p-2. The maximum absolute atomic E-state index is 2.88. The van der Waals surface area contributed by atoms with Gasteiger partial charge in [-0.25, -0.2) is 0 Å². The zero-order valence-corrected chi connectivity index (χ0v) is 31.6. The van der Waals surface area contributed by atoms with Gasteiger partial charge in [-0.3, -0.25) is 0 Å². The van der Waals surface area contributed by atoms with Crippen molar-refractivity contribution < 1.29 is 45.1 Å². The third-order valence-electron chi connectivity index (χ3n) is 11.7. The van der Waals surface area contributed by atoms with Gasteiger partial charge in [0.05, 0.1) is 0 Å². The van der Waals surface area contributed by atoms with Crippen LogP contribution in [0.15, 0.2) is 132 Å². The van der Waals surface area contributed by atoms with Crippen LogP contribution in [0.3, 0.4) is 0 Å². The van der Waals surface area contributed by atoms with Gasteiger partial charge in [0.2, 0.25) is 0 Å². The summed E-state index contributed by atoms with van der Waals surface area (Å²) in [6.07, 6.45) is 8.99. The van der Waals surface area contributed by atoms with E-state index in [1.165, 1.54) is 69.6 Å². The Bertz CT molecular complexity index is 2070. The molecule has 3 aliphatic rings. The van der Waals surface area contributed by atoms with Crippen LogP contribution >= 0.6 is 0 Å². The monoisotopic (exact) mass is 740 g/mol. The Labute approximate surface area is 302 Å².